The van der Waals surface area contributed by atoms with Crippen LogP contribution < -0.4 is 5.32 Å². The van der Waals surface area contributed by atoms with Gasteiger partial charge in [0.1, 0.15) is 6.33 Å². The van der Waals surface area contributed by atoms with Crippen LogP contribution in [0.4, 0.5) is 5.69 Å². The molecule has 0 saturated heterocycles. The molecule has 1 amide bonds. The second kappa shape index (κ2) is 10.3. The van der Waals surface area contributed by atoms with Crippen molar-refractivity contribution < 1.29 is 4.79 Å². The Hall–Kier alpha value is -4.00. The third-order valence-electron chi connectivity index (χ3n) is 7.70. The minimum atomic E-state index is -0.171. The van der Waals surface area contributed by atoms with E-state index >= 15 is 0 Å². The van der Waals surface area contributed by atoms with E-state index < -0.39 is 0 Å². The smallest absolute Gasteiger partial charge is 0.254 e. The lowest BCUT2D eigenvalue weighted by Gasteiger charge is -2.40. The van der Waals surface area contributed by atoms with Crippen molar-refractivity contribution in [2.75, 3.05) is 0 Å². The molecule has 0 bridgehead atoms. The highest BCUT2D eigenvalue weighted by Gasteiger charge is 2.47. The number of allylic oxidation sites excluding steroid dienone is 2. The third kappa shape index (κ3) is 4.87. The molecule has 4 unspecified atom stereocenters. The van der Waals surface area contributed by atoms with Crippen LogP contribution in [-0.4, -0.2) is 32.8 Å². The summed E-state index contributed by atoms with van der Waals surface area (Å²) in [6, 6.07) is 13.8. The summed E-state index contributed by atoms with van der Waals surface area (Å²) < 4.78 is 0. The quantitative estimate of drug-likeness (QED) is 0.436. The summed E-state index contributed by atoms with van der Waals surface area (Å²) in [5, 5.41) is 11.4. The summed E-state index contributed by atoms with van der Waals surface area (Å²) in [5.74, 6) is 0.143. The fraction of sp³-hybridized carbons (Fsp3) is 0.310. The van der Waals surface area contributed by atoms with Gasteiger partial charge in [-0.05, 0) is 60.8 Å². The molecule has 7 nitrogen and oxygen atoms in total. The van der Waals surface area contributed by atoms with Crippen LogP contribution in [0.1, 0.15) is 54.6 Å². The molecule has 0 radical (unpaired) electrons. The van der Waals surface area contributed by atoms with Gasteiger partial charge in [-0.25, -0.2) is 9.97 Å². The van der Waals surface area contributed by atoms with Gasteiger partial charge in [-0.15, -0.1) is 0 Å². The van der Waals surface area contributed by atoms with Crippen LogP contribution in [0, 0.1) is 22.7 Å². The molecule has 1 fully saturated rings. The first-order valence-electron chi connectivity index (χ1n) is 12.4. The lowest BCUT2D eigenvalue weighted by Crippen LogP contribution is -2.37. The van der Waals surface area contributed by atoms with Crippen LogP contribution in [0.3, 0.4) is 0 Å². The number of hydrogen-bond donors (Lipinski definition) is 2. The number of nitrogens with one attached hydrogen (secondary N) is 2. The van der Waals surface area contributed by atoms with E-state index in [1.165, 1.54) is 18.1 Å². The molecule has 182 valence electrons. The second-order valence-electron chi connectivity index (χ2n) is 9.85. The van der Waals surface area contributed by atoms with E-state index in [9.17, 15) is 4.79 Å². The average molecular weight is 479 g/mol. The Morgan fingerprint density at radius 2 is 1.97 bits per heavy atom. The van der Waals surface area contributed by atoms with Crippen molar-refractivity contribution in [1.82, 2.24) is 20.3 Å². The Kier molecular flexibility index (Phi) is 6.80. The molecule has 1 aromatic carbocycles. The standard InChI is InChI=1S/C29H30N6O/c1-29-14-21(15-30)27(34-25-8-5-11-31-18-25)13-24(29)10-9-23(29)12-26(20-6-3-2-4-7-20)35-28(36)22-16-32-19-33-17-22/h2-8,11,13,15-19,21,23,26,30H,9-10,12,14H2,1H3,(H,35,36). The number of rotatable bonds is 7. The molecule has 5 rings (SSSR count). The first kappa shape index (κ1) is 23.7. The van der Waals surface area contributed by atoms with Crippen LogP contribution in [-0.2, 0) is 0 Å². The summed E-state index contributed by atoms with van der Waals surface area (Å²) >= 11 is 0. The van der Waals surface area contributed by atoms with Crippen molar-refractivity contribution >= 4 is 23.5 Å². The molecular weight excluding hydrogens is 448 g/mol. The summed E-state index contributed by atoms with van der Waals surface area (Å²) in [4.78, 5) is 30.0. The SMILES string of the molecule is CC12CC(C=N)C(=Nc3cccnc3)C=C1CCC2CC(NC(=O)c1cncnc1)c1ccccc1. The molecule has 2 N–H and O–H groups in total. The molecule has 0 aliphatic heterocycles. The Morgan fingerprint density at radius 3 is 2.69 bits per heavy atom. The number of hydrogen-bond acceptors (Lipinski definition) is 6. The minimum Gasteiger partial charge on any atom is -0.345 e. The van der Waals surface area contributed by atoms with E-state index in [2.05, 4.69) is 45.4 Å². The van der Waals surface area contributed by atoms with Gasteiger partial charge in [0, 0.05) is 36.4 Å². The van der Waals surface area contributed by atoms with Crippen LogP contribution >= 0.6 is 0 Å². The van der Waals surface area contributed by atoms with Crippen molar-refractivity contribution in [1.29, 1.82) is 5.41 Å². The van der Waals surface area contributed by atoms with Gasteiger partial charge < -0.3 is 10.7 Å². The Bertz CT molecular complexity index is 1270. The van der Waals surface area contributed by atoms with E-state index in [1.807, 2.05) is 30.3 Å². The fourth-order valence-corrected chi connectivity index (χ4v) is 5.69. The molecule has 1 saturated carbocycles. The highest BCUT2D eigenvalue weighted by atomic mass is 16.1. The molecule has 4 atom stereocenters. The maximum atomic E-state index is 13.0. The molecule has 36 heavy (non-hydrogen) atoms. The zero-order chi connectivity index (χ0) is 25.0. The predicted molar refractivity (Wildman–Crippen MR) is 140 cm³/mol. The topological polar surface area (TPSA) is 104 Å². The Morgan fingerprint density at radius 1 is 1.17 bits per heavy atom. The molecule has 2 heterocycles. The van der Waals surface area contributed by atoms with Crippen LogP contribution in [0.25, 0.3) is 0 Å². The normalized spacial score (nSPS) is 25.0. The van der Waals surface area contributed by atoms with Crippen molar-refractivity contribution in [3.05, 3.63) is 96.4 Å². The van der Waals surface area contributed by atoms with Gasteiger partial charge >= 0.3 is 0 Å². The van der Waals surface area contributed by atoms with Crippen LogP contribution in [0.15, 0.2) is 90.2 Å². The highest BCUT2D eigenvalue weighted by molar-refractivity contribution is 6.07. The van der Waals surface area contributed by atoms with Gasteiger partial charge in [-0.2, -0.15) is 0 Å². The predicted octanol–water partition coefficient (Wildman–Crippen LogP) is 5.52. The van der Waals surface area contributed by atoms with E-state index in [4.69, 9.17) is 10.4 Å². The van der Waals surface area contributed by atoms with Crippen molar-refractivity contribution in [2.45, 2.75) is 38.6 Å². The molecule has 2 aromatic heterocycles. The number of fused-ring (bicyclic) bond motifs is 1. The Labute approximate surface area is 211 Å². The van der Waals surface area contributed by atoms with Gasteiger partial charge in [-0.3, -0.25) is 14.8 Å². The lowest BCUT2D eigenvalue weighted by molar-refractivity contribution is 0.0921. The van der Waals surface area contributed by atoms with Gasteiger partial charge in [-0.1, -0.05) is 42.8 Å². The summed E-state index contributed by atoms with van der Waals surface area (Å²) in [7, 11) is 0. The zero-order valence-corrected chi connectivity index (χ0v) is 20.3. The van der Waals surface area contributed by atoms with Gasteiger partial charge in [0.05, 0.1) is 23.5 Å². The highest BCUT2D eigenvalue weighted by Crippen LogP contribution is 2.56. The number of carbonyl (C=O) groups excluding carboxylic acids is 1. The maximum Gasteiger partial charge on any atom is 0.254 e. The number of amides is 1. The number of carbonyl (C=O) groups is 1. The summed E-state index contributed by atoms with van der Waals surface area (Å²) in [6.45, 7) is 2.32. The Balaban J connectivity index is 1.41. The van der Waals surface area contributed by atoms with Gasteiger partial charge in [0.15, 0.2) is 0 Å². The first-order valence-corrected chi connectivity index (χ1v) is 12.4. The van der Waals surface area contributed by atoms with Gasteiger partial charge in [0.2, 0.25) is 0 Å². The monoisotopic (exact) mass is 478 g/mol. The number of aromatic nitrogens is 3. The van der Waals surface area contributed by atoms with Crippen LogP contribution in [0.5, 0.6) is 0 Å². The van der Waals surface area contributed by atoms with E-state index in [0.717, 1.165) is 42.6 Å². The van der Waals surface area contributed by atoms with Gasteiger partial charge in [0.25, 0.3) is 5.91 Å². The average Bonchev–Trinajstić information content (AvgIpc) is 3.24. The third-order valence-corrected chi connectivity index (χ3v) is 7.70. The molecular formula is C29H30N6O. The van der Waals surface area contributed by atoms with Crippen molar-refractivity contribution in [3.8, 4) is 0 Å². The first-order chi connectivity index (χ1) is 17.6. The second-order valence-corrected chi connectivity index (χ2v) is 9.85. The number of benzene rings is 1. The van der Waals surface area contributed by atoms with Crippen molar-refractivity contribution in [2.24, 2.45) is 22.2 Å². The van der Waals surface area contributed by atoms with E-state index in [1.54, 1.807) is 24.8 Å². The summed E-state index contributed by atoms with van der Waals surface area (Å²) in [6.07, 6.45) is 15.4. The number of pyridine rings is 1. The molecule has 7 heteroatoms. The van der Waals surface area contributed by atoms with Crippen molar-refractivity contribution in [3.63, 3.8) is 0 Å². The van der Waals surface area contributed by atoms with E-state index in [-0.39, 0.29) is 23.3 Å². The largest absolute Gasteiger partial charge is 0.345 e. The lowest BCUT2D eigenvalue weighted by atomic mass is 9.65. The molecule has 3 aromatic rings. The number of nitrogens with zero attached hydrogens (tertiary/aromatic N) is 4. The van der Waals surface area contributed by atoms with E-state index in [0.29, 0.717) is 11.5 Å². The fourth-order valence-electron chi connectivity index (χ4n) is 5.69. The van der Waals surface area contributed by atoms with Crippen LogP contribution in [0.2, 0.25) is 0 Å². The molecule has 0 spiro atoms. The summed E-state index contributed by atoms with van der Waals surface area (Å²) in [5.41, 5.74) is 4.62. The number of aliphatic imine (C=N–C) groups is 1. The minimum absolute atomic E-state index is 0.0502. The zero-order valence-electron chi connectivity index (χ0n) is 20.3. The molecule has 2 aliphatic rings. The maximum absolute atomic E-state index is 13.0. The molecule has 2 aliphatic carbocycles.